The Bertz CT molecular complexity index is 706. The number of rotatable bonds is 5. The molecule has 114 valence electrons. The normalized spacial score (nSPS) is 10.3. The fourth-order valence-corrected chi connectivity index (χ4v) is 1.99. The molecule has 0 aliphatic carbocycles. The molecule has 0 unspecified atom stereocenters. The Hall–Kier alpha value is -2.47. The van der Waals surface area contributed by atoms with Crippen LogP contribution in [-0.4, -0.2) is 23.5 Å². The van der Waals surface area contributed by atoms with E-state index < -0.39 is 35.7 Å². The van der Waals surface area contributed by atoms with Gasteiger partial charge in [0.05, 0.1) is 5.02 Å². The van der Waals surface area contributed by atoms with Gasteiger partial charge in [0.1, 0.15) is 5.82 Å². The smallest absolute Gasteiger partial charge is 0.341 e. The lowest BCUT2D eigenvalue weighted by Gasteiger charge is -2.09. The molecule has 0 aromatic heterocycles. The second-order valence-electron chi connectivity index (χ2n) is 4.29. The van der Waals surface area contributed by atoms with Crippen molar-refractivity contribution in [3.8, 4) is 5.75 Å². The van der Waals surface area contributed by atoms with Crippen molar-refractivity contribution in [1.82, 2.24) is 0 Å². The molecule has 2 aromatic rings. The zero-order valence-corrected chi connectivity index (χ0v) is 11.7. The van der Waals surface area contributed by atoms with Crippen molar-refractivity contribution in [3.05, 3.63) is 64.2 Å². The molecule has 22 heavy (non-hydrogen) atoms. The Morgan fingerprint density at radius 1 is 1.09 bits per heavy atom. The first kappa shape index (κ1) is 15.9. The van der Waals surface area contributed by atoms with E-state index in [0.29, 0.717) is 0 Å². The minimum Gasteiger partial charge on any atom is -0.479 e. The Morgan fingerprint density at radius 3 is 2.27 bits per heavy atom. The largest absolute Gasteiger partial charge is 0.479 e. The van der Waals surface area contributed by atoms with Gasteiger partial charge in [0.25, 0.3) is 0 Å². The first-order chi connectivity index (χ1) is 10.4. The predicted molar refractivity (Wildman–Crippen MR) is 74.4 cm³/mol. The number of aliphatic carboxylic acids is 1. The summed E-state index contributed by atoms with van der Waals surface area (Å²) < 4.78 is 31.4. The van der Waals surface area contributed by atoms with Crippen molar-refractivity contribution >= 4 is 23.4 Å². The van der Waals surface area contributed by atoms with E-state index in [0.717, 1.165) is 24.3 Å². The van der Waals surface area contributed by atoms with Crippen LogP contribution in [0.1, 0.15) is 15.9 Å². The number of carboxylic acid groups (broad SMARTS) is 1. The van der Waals surface area contributed by atoms with E-state index in [9.17, 15) is 18.4 Å². The molecule has 2 aromatic carbocycles. The summed E-state index contributed by atoms with van der Waals surface area (Å²) in [7, 11) is 0. The summed E-state index contributed by atoms with van der Waals surface area (Å²) >= 11 is 5.80. The molecule has 0 aliphatic rings. The van der Waals surface area contributed by atoms with Crippen LogP contribution in [0.25, 0.3) is 0 Å². The monoisotopic (exact) mass is 326 g/mol. The molecule has 0 saturated heterocycles. The van der Waals surface area contributed by atoms with E-state index in [-0.39, 0.29) is 16.1 Å². The quantitative estimate of drug-likeness (QED) is 0.856. The highest BCUT2D eigenvalue weighted by Crippen LogP contribution is 2.30. The molecule has 0 amide bonds. The van der Waals surface area contributed by atoms with E-state index in [1.54, 1.807) is 0 Å². The highest BCUT2D eigenvalue weighted by Gasteiger charge is 2.17. The molecule has 2 rings (SSSR count). The second-order valence-corrected chi connectivity index (χ2v) is 4.69. The molecule has 0 radical (unpaired) electrons. The van der Waals surface area contributed by atoms with Crippen molar-refractivity contribution < 1.29 is 28.2 Å². The van der Waals surface area contributed by atoms with Crippen molar-refractivity contribution in [1.29, 1.82) is 0 Å². The number of carbonyl (C=O) groups excluding carboxylic acids is 1. The molecule has 0 atom stereocenters. The molecule has 1 N–H and O–H groups in total. The molecule has 0 spiro atoms. The first-order valence-electron chi connectivity index (χ1n) is 6.02. The van der Waals surface area contributed by atoms with Gasteiger partial charge in [0.15, 0.2) is 24.0 Å². The molecule has 0 heterocycles. The van der Waals surface area contributed by atoms with Gasteiger partial charge in [-0.25, -0.2) is 13.6 Å². The number of ether oxygens (including phenoxy) is 1. The number of hydrogen-bond donors (Lipinski definition) is 1. The fraction of sp³-hybridized carbons (Fsp3) is 0.0667. The summed E-state index contributed by atoms with van der Waals surface area (Å²) in [5.74, 6) is -3.75. The summed E-state index contributed by atoms with van der Waals surface area (Å²) in [6, 6.07) is 6.78. The third-order valence-electron chi connectivity index (χ3n) is 2.71. The Morgan fingerprint density at radius 2 is 1.73 bits per heavy atom. The van der Waals surface area contributed by atoms with Gasteiger partial charge >= 0.3 is 5.97 Å². The van der Waals surface area contributed by atoms with Gasteiger partial charge in [-0.15, -0.1) is 0 Å². The van der Waals surface area contributed by atoms with Crippen LogP contribution in [0.5, 0.6) is 5.75 Å². The number of carboxylic acids is 1. The number of halogens is 3. The number of ketones is 1. The van der Waals surface area contributed by atoms with Crippen molar-refractivity contribution in [2.75, 3.05) is 6.61 Å². The number of benzene rings is 2. The van der Waals surface area contributed by atoms with Crippen molar-refractivity contribution in [3.63, 3.8) is 0 Å². The van der Waals surface area contributed by atoms with Gasteiger partial charge in [0, 0.05) is 11.1 Å². The number of carbonyl (C=O) groups is 2. The van der Waals surface area contributed by atoms with Gasteiger partial charge in [-0.1, -0.05) is 11.6 Å². The fourth-order valence-electron chi connectivity index (χ4n) is 1.73. The average molecular weight is 327 g/mol. The molecule has 0 bridgehead atoms. The van der Waals surface area contributed by atoms with E-state index in [1.165, 1.54) is 12.1 Å². The molecule has 0 saturated carbocycles. The van der Waals surface area contributed by atoms with E-state index in [4.69, 9.17) is 21.4 Å². The third-order valence-corrected chi connectivity index (χ3v) is 2.99. The van der Waals surface area contributed by atoms with Crippen molar-refractivity contribution in [2.24, 2.45) is 0 Å². The van der Waals surface area contributed by atoms with Crippen LogP contribution in [0, 0.1) is 11.6 Å². The van der Waals surface area contributed by atoms with Crippen LogP contribution in [0.2, 0.25) is 5.02 Å². The van der Waals surface area contributed by atoms with Gasteiger partial charge in [-0.2, -0.15) is 0 Å². The minimum atomic E-state index is -1.29. The maximum Gasteiger partial charge on any atom is 0.341 e. The lowest BCUT2D eigenvalue weighted by molar-refractivity contribution is -0.139. The average Bonchev–Trinajstić information content (AvgIpc) is 2.46. The highest BCUT2D eigenvalue weighted by atomic mass is 35.5. The minimum absolute atomic E-state index is 0.0585. The van der Waals surface area contributed by atoms with Crippen LogP contribution >= 0.6 is 11.6 Å². The summed E-state index contributed by atoms with van der Waals surface area (Å²) in [5, 5.41) is 8.27. The molecule has 4 nitrogen and oxygen atoms in total. The second kappa shape index (κ2) is 6.53. The Balaban J connectivity index is 2.31. The highest BCUT2D eigenvalue weighted by molar-refractivity contribution is 6.32. The lowest BCUT2D eigenvalue weighted by atomic mass is 10.0. The third kappa shape index (κ3) is 3.59. The molecule has 0 fully saturated rings. The Kier molecular flexibility index (Phi) is 4.72. The summed E-state index contributed by atoms with van der Waals surface area (Å²) in [5.41, 5.74) is 0.104. The zero-order valence-electron chi connectivity index (χ0n) is 11.0. The van der Waals surface area contributed by atoms with Gasteiger partial charge in [0.2, 0.25) is 0 Å². The van der Waals surface area contributed by atoms with Crippen LogP contribution < -0.4 is 4.74 Å². The topological polar surface area (TPSA) is 63.6 Å². The SMILES string of the molecule is O=C(O)COc1c(F)cc(C(=O)c2ccc(F)cc2)cc1Cl. The molecule has 7 heteroatoms. The van der Waals surface area contributed by atoms with Crippen molar-refractivity contribution in [2.45, 2.75) is 0 Å². The van der Waals surface area contributed by atoms with E-state index in [2.05, 4.69) is 0 Å². The van der Waals surface area contributed by atoms with Crippen LogP contribution in [-0.2, 0) is 4.79 Å². The summed E-state index contributed by atoms with van der Waals surface area (Å²) in [4.78, 5) is 22.6. The lowest BCUT2D eigenvalue weighted by Crippen LogP contribution is -2.11. The molecule has 0 aliphatic heterocycles. The summed E-state index contributed by atoms with van der Waals surface area (Å²) in [6.07, 6.45) is 0. The maximum absolute atomic E-state index is 13.9. The molecular weight excluding hydrogens is 318 g/mol. The standard InChI is InChI=1S/C15H9ClF2O4/c16-11-5-9(6-12(18)15(11)22-7-13(19)20)14(21)8-1-3-10(17)4-2-8/h1-6H,7H2,(H,19,20). The van der Waals surface area contributed by atoms with Gasteiger partial charge in [-0.3, -0.25) is 4.79 Å². The van der Waals surface area contributed by atoms with Gasteiger partial charge in [-0.05, 0) is 36.4 Å². The van der Waals surface area contributed by atoms with Crippen LogP contribution in [0.3, 0.4) is 0 Å². The van der Waals surface area contributed by atoms with E-state index in [1.807, 2.05) is 0 Å². The van der Waals surface area contributed by atoms with Crippen LogP contribution in [0.4, 0.5) is 8.78 Å². The van der Waals surface area contributed by atoms with Crippen LogP contribution in [0.15, 0.2) is 36.4 Å². The zero-order chi connectivity index (χ0) is 16.3. The van der Waals surface area contributed by atoms with Gasteiger partial charge < -0.3 is 9.84 Å². The first-order valence-corrected chi connectivity index (χ1v) is 6.40. The van der Waals surface area contributed by atoms with E-state index >= 15 is 0 Å². The Labute approximate surface area is 128 Å². The maximum atomic E-state index is 13.9. The molecular formula is C15H9ClF2O4. The summed E-state index contributed by atoms with van der Waals surface area (Å²) in [6.45, 7) is -0.762. The predicted octanol–water partition coefficient (Wildman–Crippen LogP) is 3.31. The number of hydrogen-bond acceptors (Lipinski definition) is 3.